The van der Waals surface area contributed by atoms with E-state index in [0.717, 1.165) is 15.9 Å². The van der Waals surface area contributed by atoms with E-state index in [1.54, 1.807) is 24.3 Å². The molecule has 0 unspecified atom stereocenters. The third kappa shape index (κ3) is 3.02. The van der Waals surface area contributed by atoms with Crippen LogP contribution in [0.2, 0.25) is 5.02 Å². The van der Waals surface area contributed by atoms with Crippen LogP contribution in [0.25, 0.3) is 4.96 Å². The number of anilines is 1. The highest BCUT2D eigenvalue weighted by molar-refractivity contribution is 7.19. The number of nitrogens with zero attached hydrogens (tertiary/aromatic N) is 3. The second-order valence-electron chi connectivity index (χ2n) is 4.61. The van der Waals surface area contributed by atoms with Gasteiger partial charge in [0.1, 0.15) is 4.88 Å². The van der Waals surface area contributed by atoms with Crippen molar-refractivity contribution in [3.63, 3.8) is 0 Å². The number of carbonyl (C=O) groups is 1. The normalized spacial score (nSPS) is 11.9. The predicted molar refractivity (Wildman–Crippen MR) is 80.0 cm³/mol. The number of nitrogens with one attached hydrogen (secondary N) is 1. The Balaban J connectivity index is 1.90. The average molecular weight is 361 g/mol. The Hall–Kier alpha value is -2.13. The summed E-state index contributed by atoms with van der Waals surface area (Å²) >= 11 is 6.60. The Labute approximate surface area is 136 Å². The lowest BCUT2D eigenvalue weighted by Gasteiger charge is -2.04. The molecule has 1 amide bonds. The number of halogens is 4. The molecule has 0 bridgehead atoms. The number of alkyl halides is 3. The molecule has 0 spiro atoms. The summed E-state index contributed by atoms with van der Waals surface area (Å²) in [5.41, 5.74) is 0.813. The Morgan fingerprint density at radius 3 is 2.52 bits per heavy atom. The van der Waals surface area contributed by atoms with Crippen molar-refractivity contribution in [3.8, 4) is 0 Å². The fraction of sp³-hybridized carbons (Fsp3) is 0.154. The Morgan fingerprint density at radius 2 is 1.96 bits per heavy atom. The van der Waals surface area contributed by atoms with Gasteiger partial charge in [0, 0.05) is 10.7 Å². The molecule has 3 rings (SSSR count). The molecule has 0 saturated carbocycles. The molecule has 23 heavy (non-hydrogen) atoms. The van der Waals surface area contributed by atoms with E-state index in [0.29, 0.717) is 16.4 Å². The summed E-state index contributed by atoms with van der Waals surface area (Å²) in [6.07, 6.45) is -4.62. The van der Waals surface area contributed by atoms with Gasteiger partial charge < -0.3 is 5.32 Å². The van der Waals surface area contributed by atoms with E-state index in [1.807, 2.05) is 0 Å². The van der Waals surface area contributed by atoms with Crippen LogP contribution in [0.3, 0.4) is 0 Å². The van der Waals surface area contributed by atoms with Crippen molar-refractivity contribution in [1.82, 2.24) is 14.6 Å². The predicted octanol–water partition coefficient (Wildman–Crippen LogP) is 4.02. The molecule has 2 aromatic heterocycles. The van der Waals surface area contributed by atoms with Crippen molar-refractivity contribution in [1.29, 1.82) is 0 Å². The zero-order valence-electron chi connectivity index (χ0n) is 11.5. The van der Waals surface area contributed by atoms with E-state index < -0.39 is 17.9 Å². The van der Waals surface area contributed by atoms with Crippen LogP contribution in [0.15, 0.2) is 24.3 Å². The van der Waals surface area contributed by atoms with Crippen molar-refractivity contribution in [2.75, 3.05) is 5.32 Å². The SMILES string of the molecule is Cc1c(C(=O)Nc2ccc(Cl)cc2)sc2nc(C(F)(F)F)nn12. The Kier molecular flexibility index (Phi) is 3.77. The maximum Gasteiger partial charge on any atom is 0.453 e. The smallest absolute Gasteiger partial charge is 0.321 e. The largest absolute Gasteiger partial charge is 0.453 e. The fourth-order valence-corrected chi connectivity index (χ4v) is 2.98. The molecule has 0 aliphatic rings. The molecular formula is C13H8ClF3N4OS. The molecule has 3 aromatic rings. The van der Waals surface area contributed by atoms with E-state index >= 15 is 0 Å². The highest BCUT2D eigenvalue weighted by Gasteiger charge is 2.37. The summed E-state index contributed by atoms with van der Waals surface area (Å²) in [5, 5.41) is 6.57. The van der Waals surface area contributed by atoms with Gasteiger partial charge in [0.25, 0.3) is 11.7 Å². The number of rotatable bonds is 2. The number of benzene rings is 1. The third-order valence-corrected chi connectivity index (χ3v) is 4.36. The van der Waals surface area contributed by atoms with E-state index in [9.17, 15) is 18.0 Å². The number of fused-ring (bicyclic) bond motifs is 1. The van der Waals surface area contributed by atoms with E-state index in [-0.39, 0.29) is 9.84 Å². The molecule has 120 valence electrons. The molecule has 0 radical (unpaired) electrons. The first-order valence-electron chi connectivity index (χ1n) is 6.26. The maximum atomic E-state index is 12.6. The second kappa shape index (κ2) is 5.50. The van der Waals surface area contributed by atoms with Gasteiger partial charge in [-0.25, -0.2) is 4.52 Å². The van der Waals surface area contributed by atoms with Crippen LogP contribution >= 0.6 is 22.9 Å². The van der Waals surface area contributed by atoms with Gasteiger partial charge in [0.05, 0.1) is 5.69 Å². The number of carbonyl (C=O) groups excluding carboxylic acids is 1. The molecule has 1 aromatic carbocycles. The van der Waals surface area contributed by atoms with Gasteiger partial charge in [0.2, 0.25) is 4.96 Å². The number of aryl methyl sites for hydroxylation is 1. The lowest BCUT2D eigenvalue weighted by Crippen LogP contribution is -2.12. The number of amides is 1. The highest BCUT2D eigenvalue weighted by atomic mass is 35.5. The molecule has 2 heterocycles. The summed E-state index contributed by atoms with van der Waals surface area (Å²) in [5.74, 6) is -1.67. The summed E-state index contributed by atoms with van der Waals surface area (Å²) < 4.78 is 38.8. The van der Waals surface area contributed by atoms with Crippen molar-refractivity contribution in [2.45, 2.75) is 13.1 Å². The first-order valence-corrected chi connectivity index (χ1v) is 7.45. The van der Waals surface area contributed by atoms with Gasteiger partial charge in [-0.2, -0.15) is 18.2 Å². The zero-order chi connectivity index (χ0) is 16.8. The second-order valence-corrected chi connectivity index (χ2v) is 6.02. The average Bonchev–Trinajstić information content (AvgIpc) is 3.01. The lowest BCUT2D eigenvalue weighted by atomic mass is 10.3. The first kappa shape index (κ1) is 15.8. The van der Waals surface area contributed by atoms with Gasteiger partial charge >= 0.3 is 6.18 Å². The van der Waals surface area contributed by atoms with Gasteiger partial charge in [0.15, 0.2) is 0 Å². The van der Waals surface area contributed by atoms with Crippen LogP contribution in [0.5, 0.6) is 0 Å². The molecule has 0 aliphatic heterocycles. The quantitative estimate of drug-likeness (QED) is 0.750. The number of hydrogen-bond acceptors (Lipinski definition) is 4. The number of hydrogen-bond donors (Lipinski definition) is 1. The summed E-state index contributed by atoms with van der Waals surface area (Å²) in [4.78, 5) is 15.9. The molecule has 0 aliphatic carbocycles. The number of thiazole rings is 1. The van der Waals surface area contributed by atoms with Crippen molar-refractivity contribution in [2.24, 2.45) is 0 Å². The number of aromatic nitrogens is 3. The zero-order valence-corrected chi connectivity index (χ0v) is 13.1. The van der Waals surface area contributed by atoms with E-state index in [1.165, 1.54) is 6.92 Å². The third-order valence-electron chi connectivity index (χ3n) is 2.98. The maximum absolute atomic E-state index is 12.6. The summed E-state index contributed by atoms with van der Waals surface area (Å²) in [7, 11) is 0. The minimum atomic E-state index is -4.62. The van der Waals surface area contributed by atoms with E-state index in [4.69, 9.17) is 11.6 Å². The van der Waals surface area contributed by atoms with Gasteiger partial charge in [-0.1, -0.05) is 22.9 Å². The standard InChI is InChI=1S/C13H8ClF3N4OS/c1-6-9(10(22)18-8-4-2-7(14)3-5-8)23-12-19-11(13(15,16)17)20-21(6)12/h2-5H,1H3,(H,18,22). The molecule has 5 nitrogen and oxygen atoms in total. The van der Waals surface area contributed by atoms with Crippen LogP contribution < -0.4 is 5.32 Å². The topological polar surface area (TPSA) is 59.3 Å². The van der Waals surface area contributed by atoms with Crippen molar-refractivity contribution >= 4 is 39.5 Å². The molecule has 10 heteroatoms. The Bertz CT molecular complexity index is 885. The van der Waals surface area contributed by atoms with Gasteiger partial charge in [-0.3, -0.25) is 4.79 Å². The van der Waals surface area contributed by atoms with Crippen LogP contribution in [-0.4, -0.2) is 20.5 Å². The molecular weight excluding hydrogens is 353 g/mol. The Morgan fingerprint density at radius 1 is 1.30 bits per heavy atom. The molecule has 0 atom stereocenters. The fourth-order valence-electron chi connectivity index (χ4n) is 1.90. The van der Waals surface area contributed by atoms with Crippen LogP contribution in [-0.2, 0) is 6.18 Å². The minimum Gasteiger partial charge on any atom is -0.321 e. The summed E-state index contributed by atoms with van der Waals surface area (Å²) in [6.45, 7) is 1.51. The molecule has 0 saturated heterocycles. The molecule has 1 N–H and O–H groups in total. The van der Waals surface area contributed by atoms with E-state index in [2.05, 4.69) is 15.4 Å². The van der Waals surface area contributed by atoms with Crippen LogP contribution in [0.1, 0.15) is 21.2 Å². The van der Waals surface area contributed by atoms with Crippen LogP contribution in [0, 0.1) is 6.92 Å². The van der Waals surface area contributed by atoms with Gasteiger partial charge in [-0.15, -0.1) is 5.10 Å². The van der Waals surface area contributed by atoms with Crippen LogP contribution in [0.4, 0.5) is 18.9 Å². The summed E-state index contributed by atoms with van der Waals surface area (Å²) in [6, 6.07) is 6.47. The van der Waals surface area contributed by atoms with Gasteiger partial charge in [-0.05, 0) is 31.2 Å². The molecule has 0 fully saturated rings. The minimum absolute atomic E-state index is 0.0103. The lowest BCUT2D eigenvalue weighted by molar-refractivity contribution is -0.144. The van der Waals surface area contributed by atoms with Crippen molar-refractivity contribution < 1.29 is 18.0 Å². The monoisotopic (exact) mass is 360 g/mol. The first-order chi connectivity index (χ1) is 10.8. The highest BCUT2D eigenvalue weighted by Crippen LogP contribution is 2.30. The van der Waals surface area contributed by atoms with Crippen molar-refractivity contribution in [3.05, 3.63) is 45.7 Å².